The van der Waals surface area contributed by atoms with Crippen LogP contribution < -0.4 is 15.8 Å². The Bertz CT molecular complexity index is 760. The van der Waals surface area contributed by atoms with Crippen LogP contribution >= 0.6 is 15.9 Å². The fourth-order valence-electron chi connectivity index (χ4n) is 1.79. The van der Waals surface area contributed by atoms with E-state index in [0.29, 0.717) is 11.4 Å². The quantitative estimate of drug-likeness (QED) is 0.684. The van der Waals surface area contributed by atoms with E-state index in [2.05, 4.69) is 21.2 Å². The molecular weight excluding hydrogens is 392 g/mol. The zero-order valence-electron chi connectivity index (χ0n) is 13.0. The van der Waals surface area contributed by atoms with Gasteiger partial charge >= 0.3 is 5.97 Å². The lowest BCUT2D eigenvalue weighted by Gasteiger charge is -2.07. The van der Waals surface area contributed by atoms with Gasteiger partial charge in [0.15, 0.2) is 13.2 Å². The average Bonchev–Trinajstić information content (AvgIpc) is 2.60. The number of primary amides is 1. The van der Waals surface area contributed by atoms with Crippen LogP contribution in [0.4, 0.5) is 5.69 Å². The van der Waals surface area contributed by atoms with Gasteiger partial charge in [-0.2, -0.15) is 0 Å². The maximum atomic E-state index is 11.9. The molecule has 130 valence electrons. The molecule has 0 saturated heterocycles. The van der Waals surface area contributed by atoms with E-state index in [9.17, 15) is 14.4 Å². The molecule has 0 unspecified atom stereocenters. The number of amides is 2. The number of carbonyl (C=O) groups is 3. The molecule has 0 saturated carbocycles. The predicted octanol–water partition coefficient (Wildman–Crippen LogP) is 2.11. The molecule has 3 N–H and O–H groups in total. The number of anilines is 1. The van der Waals surface area contributed by atoms with Crippen molar-refractivity contribution in [2.24, 2.45) is 5.73 Å². The number of hydrogen-bond acceptors (Lipinski definition) is 5. The van der Waals surface area contributed by atoms with Crippen molar-refractivity contribution in [1.82, 2.24) is 0 Å². The molecule has 0 atom stereocenters. The van der Waals surface area contributed by atoms with Gasteiger partial charge in [0.2, 0.25) is 0 Å². The van der Waals surface area contributed by atoms with Crippen molar-refractivity contribution < 1.29 is 23.9 Å². The molecule has 0 spiro atoms. The number of nitrogens with two attached hydrogens (primary N) is 1. The number of nitrogens with one attached hydrogen (secondary N) is 1. The molecule has 2 aromatic rings. The number of rotatable bonds is 7. The number of halogens is 1. The maximum absolute atomic E-state index is 11.9. The summed E-state index contributed by atoms with van der Waals surface area (Å²) < 4.78 is 10.9. The number of ether oxygens (including phenoxy) is 2. The van der Waals surface area contributed by atoms with Crippen molar-refractivity contribution in [2.45, 2.75) is 0 Å². The third-order valence-corrected chi connectivity index (χ3v) is 3.46. The van der Waals surface area contributed by atoms with E-state index >= 15 is 0 Å². The van der Waals surface area contributed by atoms with Gasteiger partial charge in [0, 0.05) is 10.2 Å². The van der Waals surface area contributed by atoms with Crippen LogP contribution in [0, 0.1) is 0 Å². The summed E-state index contributed by atoms with van der Waals surface area (Å²) in [7, 11) is 0. The highest BCUT2D eigenvalue weighted by Gasteiger charge is 2.11. The third-order valence-electron chi connectivity index (χ3n) is 2.93. The number of carbonyl (C=O) groups excluding carboxylic acids is 3. The van der Waals surface area contributed by atoms with Crippen molar-refractivity contribution in [2.75, 3.05) is 18.5 Å². The van der Waals surface area contributed by atoms with Gasteiger partial charge in [0.1, 0.15) is 5.75 Å². The average molecular weight is 407 g/mol. The fraction of sp³-hybridized carbons (Fsp3) is 0.118. The molecule has 0 bridgehead atoms. The molecule has 2 aromatic carbocycles. The highest BCUT2D eigenvalue weighted by molar-refractivity contribution is 9.10. The largest absolute Gasteiger partial charge is 0.484 e. The topological polar surface area (TPSA) is 108 Å². The first-order valence-electron chi connectivity index (χ1n) is 7.18. The van der Waals surface area contributed by atoms with Crippen LogP contribution in [-0.2, 0) is 14.3 Å². The van der Waals surface area contributed by atoms with Gasteiger partial charge in [-0.05, 0) is 48.5 Å². The van der Waals surface area contributed by atoms with Crippen molar-refractivity contribution in [3.05, 3.63) is 58.6 Å². The van der Waals surface area contributed by atoms with Crippen molar-refractivity contribution in [1.29, 1.82) is 0 Å². The van der Waals surface area contributed by atoms with Gasteiger partial charge < -0.3 is 20.5 Å². The Labute approximate surface area is 152 Å². The van der Waals surface area contributed by atoms with Crippen molar-refractivity contribution >= 4 is 39.4 Å². The minimum Gasteiger partial charge on any atom is -0.484 e. The van der Waals surface area contributed by atoms with Gasteiger partial charge in [-0.1, -0.05) is 15.9 Å². The summed E-state index contributed by atoms with van der Waals surface area (Å²) in [5, 5.41) is 2.61. The van der Waals surface area contributed by atoms with Gasteiger partial charge in [0.25, 0.3) is 11.8 Å². The lowest BCUT2D eigenvalue weighted by atomic mass is 10.2. The van der Waals surface area contributed by atoms with Gasteiger partial charge in [0.05, 0.1) is 5.56 Å². The molecule has 7 nitrogen and oxygen atoms in total. The number of benzene rings is 2. The van der Waals surface area contributed by atoms with Crippen LogP contribution in [0.1, 0.15) is 10.4 Å². The molecule has 0 fully saturated rings. The summed E-state index contributed by atoms with van der Waals surface area (Å²) in [6.07, 6.45) is 0. The summed E-state index contributed by atoms with van der Waals surface area (Å²) >= 11 is 3.30. The lowest BCUT2D eigenvalue weighted by molar-refractivity contribution is -0.120. The van der Waals surface area contributed by atoms with Crippen LogP contribution in [0.3, 0.4) is 0 Å². The van der Waals surface area contributed by atoms with Gasteiger partial charge in [-0.15, -0.1) is 0 Å². The van der Waals surface area contributed by atoms with Crippen LogP contribution in [-0.4, -0.2) is 31.0 Å². The van der Waals surface area contributed by atoms with Gasteiger partial charge in [-0.3, -0.25) is 9.59 Å². The van der Waals surface area contributed by atoms with Gasteiger partial charge in [-0.25, -0.2) is 4.79 Å². The highest BCUT2D eigenvalue weighted by atomic mass is 79.9. The predicted molar refractivity (Wildman–Crippen MR) is 94.2 cm³/mol. The second kappa shape index (κ2) is 8.84. The monoisotopic (exact) mass is 406 g/mol. The summed E-state index contributed by atoms with van der Waals surface area (Å²) in [6.45, 7) is -0.658. The normalized spacial score (nSPS) is 9.96. The first kappa shape index (κ1) is 18.5. The van der Waals surface area contributed by atoms with Crippen LogP contribution in [0.15, 0.2) is 53.0 Å². The second-order valence-corrected chi connectivity index (χ2v) is 5.83. The zero-order chi connectivity index (χ0) is 18.2. The molecular formula is C17H15BrN2O5. The summed E-state index contributed by atoms with van der Waals surface area (Å²) in [5.41, 5.74) is 5.82. The smallest absolute Gasteiger partial charge is 0.338 e. The summed E-state index contributed by atoms with van der Waals surface area (Å²) in [6, 6.07) is 12.9. The summed E-state index contributed by atoms with van der Waals surface area (Å²) in [4.78, 5) is 34.3. The number of hydrogen-bond donors (Lipinski definition) is 2. The maximum Gasteiger partial charge on any atom is 0.338 e. The molecule has 0 aliphatic heterocycles. The molecule has 0 aliphatic rings. The Morgan fingerprint density at radius 2 is 1.60 bits per heavy atom. The van der Waals surface area contributed by atoms with Crippen molar-refractivity contribution in [3.63, 3.8) is 0 Å². The second-order valence-electron chi connectivity index (χ2n) is 4.91. The number of esters is 1. The third kappa shape index (κ3) is 6.27. The Balaban J connectivity index is 1.81. The van der Waals surface area contributed by atoms with E-state index in [-0.39, 0.29) is 12.2 Å². The Morgan fingerprint density at radius 3 is 2.20 bits per heavy atom. The Kier molecular flexibility index (Phi) is 6.53. The molecule has 25 heavy (non-hydrogen) atoms. The standard InChI is InChI=1S/C17H15BrN2O5/c18-12-3-5-13(6-4-12)20-16(22)10-25-17(23)11-1-7-14(8-2-11)24-9-15(19)21/h1-8H,9-10H2,(H2,19,21)(H,20,22). The highest BCUT2D eigenvalue weighted by Crippen LogP contribution is 2.15. The van der Waals surface area contributed by atoms with E-state index in [1.807, 2.05) is 0 Å². The van der Waals surface area contributed by atoms with E-state index in [4.69, 9.17) is 15.2 Å². The van der Waals surface area contributed by atoms with E-state index in [0.717, 1.165) is 4.47 Å². The minimum atomic E-state index is -0.646. The van der Waals surface area contributed by atoms with Crippen LogP contribution in [0.5, 0.6) is 5.75 Å². The van der Waals surface area contributed by atoms with E-state index in [1.54, 1.807) is 24.3 Å². The fourth-order valence-corrected chi connectivity index (χ4v) is 2.05. The molecule has 8 heteroatoms. The molecule has 2 amide bonds. The molecule has 2 rings (SSSR count). The zero-order valence-corrected chi connectivity index (χ0v) is 14.6. The molecule has 0 aliphatic carbocycles. The molecule has 0 heterocycles. The van der Waals surface area contributed by atoms with E-state index in [1.165, 1.54) is 24.3 Å². The minimum absolute atomic E-state index is 0.250. The van der Waals surface area contributed by atoms with Crippen molar-refractivity contribution in [3.8, 4) is 5.75 Å². The first-order valence-corrected chi connectivity index (χ1v) is 7.97. The van der Waals surface area contributed by atoms with E-state index < -0.39 is 24.4 Å². The van der Waals surface area contributed by atoms with Crippen LogP contribution in [0.2, 0.25) is 0 Å². The Hall–Kier alpha value is -2.87. The Morgan fingerprint density at radius 1 is 0.960 bits per heavy atom. The van der Waals surface area contributed by atoms with Crippen LogP contribution in [0.25, 0.3) is 0 Å². The SMILES string of the molecule is NC(=O)COc1ccc(C(=O)OCC(=O)Nc2ccc(Br)cc2)cc1. The molecule has 0 aromatic heterocycles. The lowest BCUT2D eigenvalue weighted by Crippen LogP contribution is -2.21. The first-order chi connectivity index (χ1) is 11.9. The summed E-state index contributed by atoms with van der Waals surface area (Å²) in [5.74, 6) is -1.30. The molecule has 0 radical (unpaired) electrons.